The van der Waals surface area contributed by atoms with Crippen molar-refractivity contribution in [1.82, 2.24) is 4.98 Å². The minimum Gasteiger partial charge on any atom is -0.431 e. The van der Waals surface area contributed by atoms with E-state index in [1.54, 1.807) is 0 Å². The van der Waals surface area contributed by atoms with Gasteiger partial charge in [-0.2, -0.15) is 4.98 Å². The van der Waals surface area contributed by atoms with E-state index in [9.17, 15) is 9.70 Å². The molecule has 0 radical (unpaired) electrons. The third-order valence-electron chi connectivity index (χ3n) is 2.61. The Balaban J connectivity index is 2.01. The highest BCUT2D eigenvalue weighted by Crippen LogP contribution is 2.21. The van der Waals surface area contributed by atoms with Crippen LogP contribution in [0.2, 0.25) is 0 Å². The molecule has 1 amide bonds. The average molecular weight is 239 g/mol. The van der Waals surface area contributed by atoms with Crippen molar-refractivity contribution in [1.29, 1.82) is 0 Å². The fourth-order valence-corrected chi connectivity index (χ4v) is 1.83. The van der Waals surface area contributed by atoms with E-state index in [4.69, 9.17) is 9.15 Å². The summed E-state index contributed by atoms with van der Waals surface area (Å²) in [5, 5.41) is 2.29. The fourth-order valence-electron chi connectivity index (χ4n) is 1.83. The summed E-state index contributed by atoms with van der Waals surface area (Å²) in [5.74, 6) is -0.916. The van der Waals surface area contributed by atoms with Gasteiger partial charge in [0.1, 0.15) is 6.26 Å². The van der Waals surface area contributed by atoms with Crippen LogP contribution in [0, 0.1) is 4.91 Å². The highest BCUT2D eigenvalue weighted by molar-refractivity contribution is 5.92. The Hall–Kier alpha value is -1.76. The Morgan fingerprint density at radius 2 is 2.59 bits per heavy atom. The van der Waals surface area contributed by atoms with Crippen molar-refractivity contribution < 1.29 is 13.9 Å². The molecule has 1 aliphatic heterocycles. The molecule has 0 aromatic carbocycles. The topological polar surface area (TPSA) is 85.0 Å². The Bertz CT molecular complexity index is 417. The van der Waals surface area contributed by atoms with Crippen LogP contribution >= 0.6 is 0 Å². The van der Waals surface area contributed by atoms with Gasteiger partial charge in [0.15, 0.2) is 5.69 Å². The van der Waals surface area contributed by atoms with Crippen LogP contribution in [-0.4, -0.2) is 36.7 Å². The number of carbonyl (C=O) groups excluding carboxylic acids is 1. The van der Waals surface area contributed by atoms with Crippen LogP contribution in [0.25, 0.3) is 0 Å². The summed E-state index contributed by atoms with van der Waals surface area (Å²) < 4.78 is 10.6. The number of carbonyl (C=O) groups is 1. The smallest absolute Gasteiger partial charge is 0.338 e. The molecule has 1 fully saturated rings. The Morgan fingerprint density at radius 1 is 1.76 bits per heavy atom. The first-order valence-electron chi connectivity index (χ1n) is 5.44. The van der Waals surface area contributed by atoms with Gasteiger partial charge in [-0.25, -0.2) is 0 Å². The minimum absolute atomic E-state index is 0.0603. The Kier molecular flexibility index (Phi) is 3.48. The number of ether oxygens (including phenoxy) is 1. The minimum atomic E-state index is -0.916. The summed E-state index contributed by atoms with van der Waals surface area (Å²) in [5.41, 5.74) is -0.0603. The molecule has 7 nitrogen and oxygen atoms in total. The first kappa shape index (κ1) is 11.7. The van der Waals surface area contributed by atoms with Crippen molar-refractivity contribution in [3.63, 3.8) is 0 Å². The van der Waals surface area contributed by atoms with E-state index in [0.717, 1.165) is 19.2 Å². The molecule has 17 heavy (non-hydrogen) atoms. The lowest BCUT2D eigenvalue weighted by Crippen LogP contribution is -2.23. The van der Waals surface area contributed by atoms with Crippen LogP contribution in [0.4, 0.5) is 6.01 Å². The molecular weight excluding hydrogens is 226 g/mol. The molecule has 0 spiro atoms. The van der Waals surface area contributed by atoms with E-state index < -0.39 is 5.91 Å². The third-order valence-corrected chi connectivity index (χ3v) is 2.61. The largest absolute Gasteiger partial charge is 0.431 e. The van der Waals surface area contributed by atoms with Gasteiger partial charge in [0.2, 0.25) is 0 Å². The zero-order valence-corrected chi connectivity index (χ0v) is 9.46. The van der Waals surface area contributed by atoms with Crippen molar-refractivity contribution in [2.24, 2.45) is 5.18 Å². The first-order valence-corrected chi connectivity index (χ1v) is 5.44. The fraction of sp³-hybridized carbons (Fsp3) is 0.600. The highest BCUT2D eigenvalue weighted by atomic mass is 16.5. The van der Waals surface area contributed by atoms with Crippen LogP contribution in [-0.2, 0) is 4.74 Å². The van der Waals surface area contributed by atoms with Gasteiger partial charge in [0.05, 0.1) is 6.10 Å². The van der Waals surface area contributed by atoms with Gasteiger partial charge in [0, 0.05) is 24.9 Å². The number of nitrogens with zero attached hydrogens (tertiary/aromatic N) is 3. The van der Waals surface area contributed by atoms with E-state index in [2.05, 4.69) is 10.2 Å². The number of aromatic nitrogens is 1. The van der Waals surface area contributed by atoms with Crippen LogP contribution in [0.3, 0.4) is 0 Å². The molecule has 2 rings (SSSR count). The maximum Gasteiger partial charge on any atom is 0.338 e. The molecule has 92 valence electrons. The van der Waals surface area contributed by atoms with Gasteiger partial charge in [-0.3, -0.25) is 4.79 Å². The summed E-state index contributed by atoms with van der Waals surface area (Å²) in [7, 11) is 0. The van der Waals surface area contributed by atoms with E-state index in [-0.39, 0.29) is 11.8 Å². The number of hydrogen-bond donors (Lipinski definition) is 0. The number of oxazole rings is 1. The van der Waals surface area contributed by atoms with E-state index in [1.165, 1.54) is 0 Å². The molecule has 7 heteroatoms. The monoisotopic (exact) mass is 239 g/mol. The molecule has 1 aromatic rings. The van der Waals surface area contributed by atoms with E-state index in [0.29, 0.717) is 19.2 Å². The number of rotatable bonds is 4. The first-order chi connectivity index (χ1) is 8.24. The second-order valence-corrected chi connectivity index (χ2v) is 3.72. The van der Waals surface area contributed by atoms with Gasteiger partial charge in [0.25, 0.3) is 6.01 Å². The summed E-state index contributed by atoms with van der Waals surface area (Å²) in [6.45, 7) is 4.05. The summed E-state index contributed by atoms with van der Waals surface area (Å²) in [6, 6.07) is 0.333. The van der Waals surface area contributed by atoms with Crippen molar-refractivity contribution in [3.05, 3.63) is 16.9 Å². The van der Waals surface area contributed by atoms with Crippen LogP contribution < -0.4 is 4.90 Å². The second kappa shape index (κ2) is 5.05. The SMILES string of the molecule is CCO[C@H]1CCN(c2nc(C(=O)N=O)co2)C1. The molecule has 1 aromatic heterocycles. The van der Waals surface area contributed by atoms with Gasteiger partial charge in [-0.1, -0.05) is 0 Å². The van der Waals surface area contributed by atoms with Crippen molar-refractivity contribution in [2.75, 3.05) is 24.6 Å². The molecule has 1 saturated heterocycles. The van der Waals surface area contributed by atoms with E-state index >= 15 is 0 Å². The van der Waals surface area contributed by atoms with Crippen LogP contribution in [0.15, 0.2) is 15.9 Å². The lowest BCUT2D eigenvalue weighted by Gasteiger charge is -2.13. The van der Waals surface area contributed by atoms with E-state index in [1.807, 2.05) is 11.8 Å². The van der Waals surface area contributed by atoms with Gasteiger partial charge in [-0.05, 0) is 13.3 Å². The average Bonchev–Trinajstić information content (AvgIpc) is 2.96. The molecule has 2 heterocycles. The number of nitroso groups, excluding NO2 is 1. The Labute approximate surface area is 97.7 Å². The standard InChI is InChI=1S/C10H13N3O4/c1-2-16-7-3-4-13(5-7)10-11-8(6-17-10)9(14)12-15/h6-7H,2-5H2,1H3/t7-/m0/s1. The summed E-state index contributed by atoms with van der Waals surface area (Å²) >= 11 is 0. The number of hydrogen-bond acceptors (Lipinski definition) is 6. The summed E-state index contributed by atoms with van der Waals surface area (Å²) in [4.78, 5) is 26.8. The van der Waals surface area contributed by atoms with Crippen molar-refractivity contribution in [2.45, 2.75) is 19.4 Å². The molecule has 0 aliphatic carbocycles. The number of anilines is 1. The lowest BCUT2D eigenvalue weighted by molar-refractivity contribution is 0.0785. The van der Waals surface area contributed by atoms with Crippen molar-refractivity contribution in [3.8, 4) is 0 Å². The van der Waals surface area contributed by atoms with Gasteiger partial charge >= 0.3 is 5.91 Å². The van der Waals surface area contributed by atoms with Gasteiger partial charge < -0.3 is 14.1 Å². The summed E-state index contributed by atoms with van der Waals surface area (Å²) in [6.07, 6.45) is 2.20. The van der Waals surface area contributed by atoms with Crippen LogP contribution in [0.5, 0.6) is 0 Å². The molecule has 0 saturated carbocycles. The zero-order chi connectivity index (χ0) is 12.3. The molecule has 1 atom stereocenters. The predicted octanol–water partition coefficient (Wildman–Crippen LogP) is 1.20. The highest BCUT2D eigenvalue weighted by Gasteiger charge is 2.26. The van der Waals surface area contributed by atoms with Gasteiger partial charge in [-0.15, -0.1) is 4.91 Å². The van der Waals surface area contributed by atoms with Crippen LogP contribution in [0.1, 0.15) is 23.8 Å². The molecular formula is C10H13N3O4. The molecule has 0 bridgehead atoms. The maximum atomic E-state index is 11.0. The molecule has 0 unspecified atom stereocenters. The quantitative estimate of drug-likeness (QED) is 0.734. The van der Waals surface area contributed by atoms with Crippen molar-refractivity contribution >= 4 is 11.9 Å². The predicted molar refractivity (Wildman–Crippen MR) is 58.9 cm³/mol. The normalized spacial score (nSPS) is 19.6. The molecule has 1 aliphatic rings. The third kappa shape index (κ3) is 2.50. The zero-order valence-electron chi connectivity index (χ0n) is 9.46. The number of amides is 1. The second-order valence-electron chi connectivity index (χ2n) is 3.72. The lowest BCUT2D eigenvalue weighted by atomic mass is 10.3. The maximum absolute atomic E-state index is 11.0. The Morgan fingerprint density at radius 3 is 3.29 bits per heavy atom. The molecule has 0 N–H and O–H groups in total.